The molecule has 1 saturated carbocycles. The average Bonchev–Trinajstić information content (AvgIpc) is 2.66. The smallest absolute Gasteiger partial charge is 0.244 e. The Balaban J connectivity index is 2.33. The Morgan fingerprint density at radius 1 is 1.40 bits per heavy atom. The van der Waals surface area contributed by atoms with Gasteiger partial charge in [0.2, 0.25) is 10.0 Å². The highest BCUT2D eigenvalue weighted by atomic mass is 32.2. The van der Waals surface area contributed by atoms with Gasteiger partial charge in [-0.25, -0.2) is 8.42 Å². The van der Waals surface area contributed by atoms with Crippen LogP contribution in [0.15, 0.2) is 11.1 Å². The zero-order chi connectivity index (χ0) is 14.8. The maximum absolute atomic E-state index is 12.5. The highest BCUT2D eigenvalue weighted by molar-refractivity contribution is 7.89. The van der Waals surface area contributed by atoms with Gasteiger partial charge in [-0.15, -0.1) is 0 Å². The first-order chi connectivity index (χ1) is 9.37. The number of amidine groups is 1. The molecule has 0 unspecified atom stereocenters. The molecular formula is C12H21N5O2S. The number of rotatable bonds is 4. The number of nitrogens with two attached hydrogens (primary N) is 1. The molecule has 1 aliphatic carbocycles. The van der Waals surface area contributed by atoms with E-state index in [2.05, 4.69) is 14.9 Å². The van der Waals surface area contributed by atoms with E-state index in [1.165, 1.54) is 6.20 Å². The lowest BCUT2D eigenvalue weighted by molar-refractivity contribution is 0.434. The highest BCUT2D eigenvalue weighted by Crippen LogP contribution is 2.29. The van der Waals surface area contributed by atoms with Crippen molar-refractivity contribution in [2.24, 2.45) is 5.73 Å². The van der Waals surface area contributed by atoms with Crippen molar-refractivity contribution >= 4 is 15.9 Å². The minimum Gasteiger partial charge on any atom is -0.386 e. The number of sulfonamides is 1. The van der Waals surface area contributed by atoms with E-state index in [0.29, 0.717) is 18.5 Å². The lowest BCUT2D eigenvalue weighted by Gasteiger charge is -2.32. The van der Waals surface area contributed by atoms with Gasteiger partial charge in [0.25, 0.3) is 0 Å². The molecule has 8 heteroatoms. The molecule has 0 saturated heterocycles. The second-order valence-corrected chi connectivity index (χ2v) is 7.03. The SMILES string of the molecule is Cc1[nH]ncc1S(=O)(=O)NC1(C(=N)N)CCCCCC1. The summed E-state index contributed by atoms with van der Waals surface area (Å²) in [6.45, 7) is 1.65. The molecule has 0 spiro atoms. The van der Waals surface area contributed by atoms with Gasteiger partial charge in [0.15, 0.2) is 0 Å². The average molecular weight is 299 g/mol. The van der Waals surface area contributed by atoms with E-state index in [-0.39, 0.29) is 10.7 Å². The third-order valence-corrected chi connectivity index (χ3v) is 5.53. The topological polar surface area (TPSA) is 125 Å². The predicted molar refractivity (Wildman–Crippen MR) is 76.0 cm³/mol. The van der Waals surface area contributed by atoms with Crippen LogP contribution in [0.1, 0.15) is 44.2 Å². The normalized spacial score (nSPS) is 19.4. The number of H-pyrrole nitrogens is 1. The van der Waals surface area contributed by atoms with Crippen molar-refractivity contribution in [3.05, 3.63) is 11.9 Å². The van der Waals surface area contributed by atoms with Crippen LogP contribution in [0.25, 0.3) is 0 Å². The summed E-state index contributed by atoms with van der Waals surface area (Å²) in [5, 5.41) is 14.2. The Kier molecular flexibility index (Phi) is 4.14. The second-order valence-electron chi connectivity index (χ2n) is 5.37. The fourth-order valence-electron chi connectivity index (χ4n) is 2.68. The number of hydrogen-bond acceptors (Lipinski definition) is 4. The highest BCUT2D eigenvalue weighted by Gasteiger charge is 2.39. The van der Waals surface area contributed by atoms with Gasteiger partial charge in [0, 0.05) is 0 Å². The monoisotopic (exact) mass is 299 g/mol. The Morgan fingerprint density at radius 2 is 2.00 bits per heavy atom. The fraction of sp³-hybridized carbons (Fsp3) is 0.667. The molecule has 0 amide bonds. The molecular weight excluding hydrogens is 278 g/mol. The lowest BCUT2D eigenvalue weighted by atomic mass is 9.90. The van der Waals surface area contributed by atoms with E-state index in [0.717, 1.165) is 25.7 Å². The summed E-state index contributed by atoms with van der Waals surface area (Å²) in [6.07, 6.45) is 6.24. The maximum atomic E-state index is 12.5. The number of nitrogens with zero attached hydrogens (tertiary/aromatic N) is 1. The first-order valence-electron chi connectivity index (χ1n) is 6.76. The molecule has 112 valence electrons. The molecule has 1 aliphatic rings. The minimum atomic E-state index is -3.73. The van der Waals surface area contributed by atoms with Gasteiger partial charge in [0.05, 0.1) is 17.4 Å². The van der Waals surface area contributed by atoms with Crippen LogP contribution < -0.4 is 10.5 Å². The van der Waals surface area contributed by atoms with Crippen molar-refractivity contribution in [3.8, 4) is 0 Å². The third-order valence-electron chi connectivity index (χ3n) is 3.88. The van der Waals surface area contributed by atoms with E-state index in [4.69, 9.17) is 11.1 Å². The van der Waals surface area contributed by atoms with Crippen molar-refractivity contribution < 1.29 is 8.42 Å². The van der Waals surface area contributed by atoms with Crippen molar-refractivity contribution in [2.75, 3.05) is 0 Å². The number of aromatic nitrogens is 2. The first-order valence-corrected chi connectivity index (χ1v) is 8.24. The van der Waals surface area contributed by atoms with Crippen LogP contribution in [0.5, 0.6) is 0 Å². The van der Waals surface area contributed by atoms with Gasteiger partial charge >= 0.3 is 0 Å². The largest absolute Gasteiger partial charge is 0.386 e. The summed E-state index contributed by atoms with van der Waals surface area (Å²) < 4.78 is 27.6. The standard InChI is InChI=1S/C12H21N5O2S/c1-9-10(8-15-16-9)20(18,19)17-12(11(13)14)6-4-2-3-5-7-12/h8,17H,2-7H2,1H3,(H3,13,14)(H,15,16). The number of aromatic amines is 1. The van der Waals surface area contributed by atoms with Crippen LogP contribution in [-0.2, 0) is 10.0 Å². The molecule has 0 radical (unpaired) electrons. The minimum absolute atomic E-state index is 0.107. The summed E-state index contributed by atoms with van der Waals surface area (Å²) in [5.74, 6) is -0.107. The molecule has 20 heavy (non-hydrogen) atoms. The molecule has 1 fully saturated rings. The number of nitrogens with one attached hydrogen (secondary N) is 3. The zero-order valence-corrected chi connectivity index (χ0v) is 12.4. The maximum Gasteiger partial charge on any atom is 0.244 e. The summed E-state index contributed by atoms with van der Waals surface area (Å²) in [7, 11) is -3.73. The van der Waals surface area contributed by atoms with Gasteiger partial charge in [-0.2, -0.15) is 9.82 Å². The number of hydrogen-bond donors (Lipinski definition) is 4. The second kappa shape index (κ2) is 5.53. The summed E-state index contributed by atoms with van der Waals surface area (Å²) in [5.41, 5.74) is 5.22. The first kappa shape index (κ1) is 15.0. The van der Waals surface area contributed by atoms with Crippen LogP contribution in [0, 0.1) is 12.3 Å². The van der Waals surface area contributed by atoms with Crippen molar-refractivity contribution in [1.82, 2.24) is 14.9 Å². The van der Waals surface area contributed by atoms with Gasteiger partial charge in [-0.3, -0.25) is 10.5 Å². The molecule has 7 nitrogen and oxygen atoms in total. The van der Waals surface area contributed by atoms with Crippen molar-refractivity contribution in [1.29, 1.82) is 5.41 Å². The molecule has 1 heterocycles. The molecule has 0 atom stereocenters. The lowest BCUT2D eigenvalue weighted by Crippen LogP contribution is -2.56. The Morgan fingerprint density at radius 3 is 2.45 bits per heavy atom. The van der Waals surface area contributed by atoms with Crippen LogP contribution in [-0.4, -0.2) is 30.0 Å². The predicted octanol–water partition coefficient (Wildman–Crippen LogP) is 1.03. The molecule has 0 aliphatic heterocycles. The molecule has 0 bridgehead atoms. The Bertz CT molecular complexity index is 585. The zero-order valence-electron chi connectivity index (χ0n) is 11.6. The van der Waals surface area contributed by atoms with Crippen molar-refractivity contribution in [3.63, 3.8) is 0 Å². The molecule has 2 rings (SSSR count). The molecule has 0 aromatic carbocycles. The van der Waals surface area contributed by atoms with Crippen LogP contribution in [0.2, 0.25) is 0 Å². The Labute approximate surface area is 118 Å². The van der Waals surface area contributed by atoms with E-state index >= 15 is 0 Å². The summed E-state index contributed by atoms with van der Waals surface area (Å²) >= 11 is 0. The number of aryl methyl sites for hydroxylation is 1. The van der Waals surface area contributed by atoms with Crippen LogP contribution in [0.4, 0.5) is 0 Å². The fourth-order valence-corrected chi connectivity index (χ4v) is 4.26. The summed E-state index contributed by atoms with van der Waals surface area (Å²) in [4.78, 5) is 0.113. The summed E-state index contributed by atoms with van der Waals surface area (Å²) in [6, 6.07) is 0. The molecule has 5 N–H and O–H groups in total. The van der Waals surface area contributed by atoms with Crippen molar-refractivity contribution in [2.45, 2.75) is 55.9 Å². The third kappa shape index (κ3) is 2.85. The van der Waals surface area contributed by atoms with E-state index in [9.17, 15) is 8.42 Å². The van der Waals surface area contributed by atoms with E-state index in [1.54, 1.807) is 6.92 Å². The van der Waals surface area contributed by atoms with Gasteiger partial charge in [-0.1, -0.05) is 25.7 Å². The van der Waals surface area contributed by atoms with Gasteiger partial charge in [0.1, 0.15) is 10.7 Å². The van der Waals surface area contributed by atoms with Gasteiger partial charge < -0.3 is 5.73 Å². The van der Waals surface area contributed by atoms with Crippen LogP contribution >= 0.6 is 0 Å². The Hall–Kier alpha value is -1.41. The van der Waals surface area contributed by atoms with E-state index < -0.39 is 15.6 Å². The molecule has 1 aromatic heterocycles. The van der Waals surface area contributed by atoms with Gasteiger partial charge in [-0.05, 0) is 19.8 Å². The quantitative estimate of drug-likeness (QED) is 0.376. The molecule has 1 aromatic rings. The van der Waals surface area contributed by atoms with E-state index in [1.807, 2.05) is 0 Å². The van der Waals surface area contributed by atoms with Crippen LogP contribution in [0.3, 0.4) is 0 Å².